The van der Waals surface area contributed by atoms with E-state index in [0.29, 0.717) is 0 Å². The van der Waals surface area contributed by atoms with E-state index in [9.17, 15) is 5.11 Å². The number of aliphatic hydroxyl groups is 1. The van der Waals surface area contributed by atoms with E-state index in [1.54, 1.807) is 0 Å². The molecule has 0 aromatic rings. The van der Waals surface area contributed by atoms with Gasteiger partial charge in [-0.25, -0.2) is 0 Å². The maximum atomic E-state index is 9.47. The van der Waals surface area contributed by atoms with Gasteiger partial charge in [0.15, 0.2) is 0 Å². The molecule has 0 aromatic carbocycles. The van der Waals surface area contributed by atoms with Crippen LogP contribution in [0.4, 0.5) is 0 Å². The fourth-order valence-corrected chi connectivity index (χ4v) is 3.55. The van der Waals surface area contributed by atoms with Crippen molar-refractivity contribution in [2.75, 3.05) is 32.7 Å². The summed E-state index contributed by atoms with van der Waals surface area (Å²) in [6.07, 6.45) is 8.88. The van der Waals surface area contributed by atoms with E-state index in [1.807, 2.05) is 0 Å². The largest absolute Gasteiger partial charge is 0.393 e. The summed E-state index contributed by atoms with van der Waals surface area (Å²) in [5.41, 5.74) is 0. The van der Waals surface area contributed by atoms with Gasteiger partial charge >= 0.3 is 0 Å². The van der Waals surface area contributed by atoms with Gasteiger partial charge < -0.3 is 15.3 Å². The Bertz CT molecular complexity index is 239. The second-order valence-electron chi connectivity index (χ2n) is 6.65. The Morgan fingerprint density at radius 1 is 1.11 bits per heavy atom. The van der Waals surface area contributed by atoms with Gasteiger partial charge in [-0.2, -0.15) is 0 Å². The quantitative estimate of drug-likeness (QED) is 0.725. The summed E-state index contributed by atoms with van der Waals surface area (Å²) in [5, 5.41) is 13.1. The Morgan fingerprint density at radius 3 is 2.58 bits per heavy atom. The fraction of sp³-hybridized carbons (Fsp3) is 1.00. The van der Waals surface area contributed by atoms with Crippen molar-refractivity contribution >= 4 is 0 Å². The molecule has 0 bridgehead atoms. The monoisotopic (exact) mass is 268 g/mol. The molecule has 2 N–H and O–H groups in total. The standard InChI is InChI=1S/C16H32N2O/c1-14-5-2-3-6-15(14)13-17-9-4-10-18-11-7-16(19)8-12-18/h14-17,19H,2-13H2,1H3/t14-,15-/m0/s1. The Hall–Kier alpha value is -0.120. The Kier molecular flexibility index (Phi) is 6.62. The lowest BCUT2D eigenvalue weighted by Gasteiger charge is -2.30. The second-order valence-corrected chi connectivity index (χ2v) is 6.65. The van der Waals surface area contributed by atoms with Gasteiger partial charge in [0.25, 0.3) is 0 Å². The van der Waals surface area contributed by atoms with Crippen molar-refractivity contribution in [2.45, 2.75) is 58.0 Å². The van der Waals surface area contributed by atoms with E-state index in [-0.39, 0.29) is 6.10 Å². The number of hydrogen-bond donors (Lipinski definition) is 2. The summed E-state index contributed by atoms with van der Waals surface area (Å²) in [5.74, 6) is 1.84. The molecule has 112 valence electrons. The molecule has 0 radical (unpaired) electrons. The molecule has 3 heteroatoms. The smallest absolute Gasteiger partial charge is 0.0564 e. The number of rotatable bonds is 6. The zero-order valence-electron chi connectivity index (χ0n) is 12.6. The normalized spacial score (nSPS) is 30.6. The summed E-state index contributed by atoms with van der Waals surface area (Å²) < 4.78 is 0. The number of aliphatic hydroxyl groups excluding tert-OH is 1. The van der Waals surface area contributed by atoms with Crippen LogP contribution in [-0.4, -0.2) is 48.8 Å². The Morgan fingerprint density at radius 2 is 1.84 bits per heavy atom. The van der Waals surface area contributed by atoms with Crippen LogP contribution in [0.2, 0.25) is 0 Å². The number of piperidine rings is 1. The highest BCUT2D eigenvalue weighted by Crippen LogP contribution is 2.28. The van der Waals surface area contributed by atoms with Crippen molar-refractivity contribution in [1.82, 2.24) is 10.2 Å². The zero-order chi connectivity index (χ0) is 13.5. The molecule has 1 aliphatic carbocycles. The van der Waals surface area contributed by atoms with Gasteiger partial charge in [-0.1, -0.05) is 26.2 Å². The second kappa shape index (κ2) is 8.23. The van der Waals surface area contributed by atoms with Crippen LogP contribution >= 0.6 is 0 Å². The maximum absolute atomic E-state index is 9.47. The zero-order valence-corrected chi connectivity index (χ0v) is 12.6. The molecule has 1 saturated carbocycles. The minimum Gasteiger partial charge on any atom is -0.393 e. The van der Waals surface area contributed by atoms with Crippen LogP contribution < -0.4 is 5.32 Å². The van der Waals surface area contributed by atoms with Crippen molar-refractivity contribution in [2.24, 2.45) is 11.8 Å². The topological polar surface area (TPSA) is 35.5 Å². The van der Waals surface area contributed by atoms with Crippen molar-refractivity contribution in [1.29, 1.82) is 0 Å². The number of likely N-dealkylation sites (tertiary alicyclic amines) is 1. The first-order chi connectivity index (χ1) is 9.25. The summed E-state index contributed by atoms with van der Waals surface area (Å²) in [6, 6.07) is 0. The third-order valence-corrected chi connectivity index (χ3v) is 5.08. The van der Waals surface area contributed by atoms with Crippen molar-refractivity contribution in [3.63, 3.8) is 0 Å². The minimum atomic E-state index is -0.0397. The number of hydrogen-bond acceptors (Lipinski definition) is 3. The first-order valence-electron chi connectivity index (χ1n) is 8.37. The predicted molar refractivity (Wildman–Crippen MR) is 80.3 cm³/mol. The number of nitrogens with zero attached hydrogens (tertiary/aromatic N) is 1. The van der Waals surface area contributed by atoms with Crippen LogP contribution in [-0.2, 0) is 0 Å². The third-order valence-electron chi connectivity index (χ3n) is 5.08. The predicted octanol–water partition coefficient (Wildman–Crippen LogP) is 2.25. The molecule has 3 nitrogen and oxygen atoms in total. The lowest BCUT2D eigenvalue weighted by molar-refractivity contribution is 0.0820. The molecule has 2 fully saturated rings. The Balaban J connectivity index is 1.48. The van der Waals surface area contributed by atoms with E-state index in [1.165, 1.54) is 45.2 Å². The lowest BCUT2D eigenvalue weighted by atomic mass is 9.80. The molecule has 2 aliphatic rings. The van der Waals surface area contributed by atoms with Gasteiger partial charge in [0.2, 0.25) is 0 Å². The maximum Gasteiger partial charge on any atom is 0.0564 e. The molecule has 2 rings (SSSR count). The highest BCUT2D eigenvalue weighted by Gasteiger charge is 2.20. The van der Waals surface area contributed by atoms with Crippen LogP contribution in [0.3, 0.4) is 0 Å². The SMILES string of the molecule is C[C@H]1CCCC[C@H]1CNCCCN1CCC(O)CC1. The van der Waals surface area contributed by atoms with Crippen molar-refractivity contribution in [3.8, 4) is 0 Å². The average Bonchev–Trinajstić information content (AvgIpc) is 2.42. The lowest BCUT2D eigenvalue weighted by Crippen LogP contribution is -2.37. The molecular weight excluding hydrogens is 236 g/mol. The molecule has 2 atom stereocenters. The summed E-state index contributed by atoms with van der Waals surface area (Å²) in [4.78, 5) is 2.50. The van der Waals surface area contributed by atoms with Gasteiger partial charge in [-0.05, 0) is 57.2 Å². The van der Waals surface area contributed by atoms with Gasteiger partial charge in [0.1, 0.15) is 0 Å². The van der Waals surface area contributed by atoms with E-state index < -0.39 is 0 Å². The summed E-state index contributed by atoms with van der Waals surface area (Å²) in [7, 11) is 0. The molecule has 0 amide bonds. The van der Waals surface area contributed by atoms with Crippen molar-refractivity contribution < 1.29 is 5.11 Å². The molecule has 19 heavy (non-hydrogen) atoms. The van der Waals surface area contributed by atoms with E-state index in [2.05, 4.69) is 17.1 Å². The fourth-order valence-electron chi connectivity index (χ4n) is 3.55. The van der Waals surface area contributed by atoms with E-state index >= 15 is 0 Å². The summed E-state index contributed by atoms with van der Waals surface area (Å²) in [6.45, 7) is 8.16. The van der Waals surface area contributed by atoms with Crippen LogP contribution in [0.5, 0.6) is 0 Å². The highest BCUT2D eigenvalue weighted by atomic mass is 16.3. The molecule has 0 spiro atoms. The molecule has 1 saturated heterocycles. The first kappa shape index (κ1) is 15.3. The van der Waals surface area contributed by atoms with Gasteiger partial charge in [-0.3, -0.25) is 0 Å². The van der Waals surface area contributed by atoms with Gasteiger partial charge in [0, 0.05) is 13.1 Å². The van der Waals surface area contributed by atoms with Crippen LogP contribution in [0.1, 0.15) is 51.9 Å². The Labute approximate surface area is 118 Å². The molecular formula is C16H32N2O. The van der Waals surface area contributed by atoms with Crippen LogP contribution in [0.25, 0.3) is 0 Å². The van der Waals surface area contributed by atoms with Crippen LogP contribution in [0, 0.1) is 11.8 Å². The summed E-state index contributed by atoms with van der Waals surface area (Å²) >= 11 is 0. The van der Waals surface area contributed by atoms with E-state index in [0.717, 1.165) is 44.3 Å². The highest BCUT2D eigenvalue weighted by molar-refractivity contribution is 4.74. The molecule has 0 aromatic heterocycles. The minimum absolute atomic E-state index is 0.0397. The average molecular weight is 268 g/mol. The first-order valence-corrected chi connectivity index (χ1v) is 8.37. The van der Waals surface area contributed by atoms with E-state index in [4.69, 9.17) is 0 Å². The number of nitrogens with one attached hydrogen (secondary N) is 1. The molecule has 1 heterocycles. The third kappa shape index (κ3) is 5.41. The van der Waals surface area contributed by atoms with Crippen LogP contribution in [0.15, 0.2) is 0 Å². The molecule has 0 unspecified atom stereocenters. The van der Waals surface area contributed by atoms with Gasteiger partial charge in [-0.15, -0.1) is 0 Å². The molecule has 1 aliphatic heterocycles. The van der Waals surface area contributed by atoms with Gasteiger partial charge in [0.05, 0.1) is 6.10 Å². The van der Waals surface area contributed by atoms with Crippen molar-refractivity contribution in [3.05, 3.63) is 0 Å².